The summed E-state index contributed by atoms with van der Waals surface area (Å²) >= 11 is 0. The Bertz CT molecular complexity index is 3510. The fraction of sp³-hybridized carbons (Fsp3) is 0.0492. The van der Waals surface area contributed by atoms with Gasteiger partial charge in [0.1, 0.15) is 11.2 Å². The Hall–Kier alpha value is -7.94. The quantitative estimate of drug-likeness (QED) is 0.160. The van der Waals surface area contributed by atoms with Gasteiger partial charge in [0.2, 0.25) is 0 Å². The summed E-state index contributed by atoms with van der Waals surface area (Å²) in [6.45, 7) is 4.71. The highest BCUT2D eigenvalue weighted by Crippen LogP contribution is 2.51. The summed E-state index contributed by atoms with van der Waals surface area (Å²) < 4.78 is 7.15. The summed E-state index contributed by atoms with van der Waals surface area (Å²) in [6.07, 6.45) is 0. The van der Waals surface area contributed by atoms with Gasteiger partial charge in [0.25, 0.3) is 0 Å². The van der Waals surface area contributed by atoms with Crippen molar-refractivity contribution < 1.29 is 4.42 Å². The maximum Gasteiger partial charge on any atom is 0.143 e. The molecule has 0 bridgehead atoms. The molecule has 0 saturated carbocycles. The minimum absolute atomic E-state index is 0.133. The van der Waals surface area contributed by atoms with Crippen LogP contribution in [0.15, 0.2) is 229 Å². The van der Waals surface area contributed by atoms with Gasteiger partial charge < -0.3 is 9.32 Å². The van der Waals surface area contributed by atoms with E-state index in [4.69, 9.17) is 4.42 Å². The average Bonchev–Trinajstić information content (AvgIpc) is 3.84. The van der Waals surface area contributed by atoms with Crippen LogP contribution in [0, 0.1) is 0 Å². The number of benzene rings is 10. The zero-order valence-corrected chi connectivity index (χ0v) is 35.2. The molecule has 1 heterocycles. The van der Waals surface area contributed by atoms with Crippen LogP contribution in [-0.2, 0) is 5.41 Å². The van der Waals surface area contributed by atoms with Crippen LogP contribution in [0.1, 0.15) is 25.0 Å². The van der Waals surface area contributed by atoms with Crippen molar-refractivity contribution in [3.05, 3.63) is 236 Å². The molecule has 298 valence electrons. The highest BCUT2D eigenvalue weighted by Gasteiger charge is 2.36. The number of rotatable bonds is 7. The van der Waals surface area contributed by atoms with E-state index >= 15 is 0 Å². The van der Waals surface area contributed by atoms with Gasteiger partial charge in [-0.3, -0.25) is 0 Å². The van der Waals surface area contributed by atoms with Crippen LogP contribution >= 0.6 is 0 Å². The lowest BCUT2D eigenvalue weighted by molar-refractivity contribution is 0.660. The van der Waals surface area contributed by atoms with E-state index in [-0.39, 0.29) is 5.41 Å². The van der Waals surface area contributed by atoms with E-state index in [1.165, 1.54) is 49.9 Å². The van der Waals surface area contributed by atoms with E-state index < -0.39 is 0 Å². The molecular formula is C61H43NO. The summed E-state index contributed by atoms with van der Waals surface area (Å²) in [5.41, 5.74) is 19.5. The van der Waals surface area contributed by atoms with Crippen molar-refractivity contribution >= 4 is 49.8 Å². The first kappa shape index (κ1) is 36.9. The zero-order chi connectivity index (χ0) is 42.1. The molecule has 1 aliphatic carbocycles. The Morgan fingerprint density at radius 2 is 0.873 bits per heavy atom. The summed E-state index contributed by atoms with van der Waals surface area (Å²) in [5.74, 6) is 0. The molecule has 0 atom stereocenters. The monoisotopic (exact) mass is 805 g/mol. The van der Waals surface area contributed by atoms with Gasteiger partial charge in [-0.05, 0) is 115 Å². The van der Waals surface area contributed by atoms with Crippen LogP contribution in [-0.4, -0.2) is 0 Å². The maximum absolute atomic E-state index is 7.15. The summed E-state index contributed by atoms with van der Waals surface area (Å²) in [4.78, 5) is 2.41. The van der Waals surface area contributed by atoms with Crippen LogP contribution < -0.4 is 4.90 Å². The van der Waals surface area contributed by atoms with Crippen LogP contribution in [0.2, 0.25) is 0 Å². The van der Waals surface area contributed by atoms with Crippen molar-refractivity contribution in [1.29, 1.82) is 0 Å². The van der Waals surface area contributed by atoms with Gasteiger partial charge in [-0.25, -0.2) is 0 Å². The molecule has 2 heteroatoms. The molecule has 1 aromatic heterocycles. The van der Waals surface area contributed by atoms with E-state index in [9.17, 15) is 0 Å². The molecule has 2 nitrogen and oxygen atoms in total. The van der Waals surface area contributed by atoms with E-state index in [1.54, 1.807) is 0 Å². The number of nitrogens with zero attached hydrogens (tertiary/aromatic N) is 1. The molecule has 1 aliphatic rings. The molecule has 0 fully saturated rings. The van der Waals surface area contributed by atoms with Gasteiger partial charge in [-0.2, -0.15) is 0 Å². The first-order valence-electron chi connectivity index (χ1n) is 21.8. The van der Waals surface area contributed by atoms with Crippen molar-refractivity contribution in [2.75, 3.05) is 4.90 Å². The Balaban J connectivity index is 1.06. The van der Waals surface area contributed by atoms with Crippen LogP contribution in [0.3, 0.4) is 0 Å². The van der Waals surface area contributed by atoms with E-state index in [1.807, 2.05) is 0 Å². The predicted molar refractivity (Wildman–Crippen MR) is 265 cm³/mol. The van der Waals surface area contributed by atoms with Gasteiger partial charge >= 0.3 is 0 Å². The van der Waals surface area contributed by atoms with Gasteiger partial charge in [0, 0.05) is 44.2 Å². The Labute approximate surface area is 368 Å². The Morgan fingerprint density at radius 1 is 0.317 bits per heavy atom. The summed E-state index contributed by atoms with van der Waals surface area (Å²) in [7, 11) is 0. The minimum Gasteiger partial charge on any atom is -0.455 e. The second-order valence-corrected chi connectivity index (χ2v) is 17.2. The number of anilines is 3. The Morgan fingerprint density at radius 3 is 1.63 bits per heavy atom. The molecule has 0 amide bonds. The number of hydrogen-bond acceptors (Lipinski definition) is 2. The smallest absolute Gasteiger partial charge is 0.143 e. The van der Waals surface area contributed by atoms with E-state index in [0.29, 0.717) is 0 Å². The largest absolute Gasteiger partial charge is 0.455 e. The van der Waals surface area contributed by atoms with Crippen molar-refractivity contribution in [2.24, 2.45) is 0 Å². The predicted octanol–water partition coefficient (Wildman–Crippen LogP) is 17.2. The maximum atomic E-state index is 7.15. The normalized spacial score (nSPS) is 12.7. The van der Waals surface area contributed by atoms with Crippen LogP contribution in [0.25, 0.3) is 88.3 Å². The highest BCUT2D eigenvalue weighted by atomic mass is 16.3. The number of hydrogen-bond donors (Lipinski definition) is 0. The minimum atomic E-state index is -0.133. The lowest BCUT2D eigenvalue weighted by Crippen LogP contribution is -2.16. The SMILES string of the molecule is CC1(C)c2ccccc2-c2ccc(N(c3ccc(-c4ccccc4)cc3)c3cccc(-c4ccc5c(oc6c7ccccc7c(-c7ccccc7)cc56)c4-c4ccccc4)c3)cc21. The molecule has 10 aromatic carbocycles. The second kappa shape index (κ2) is 14.6. The standard InChI is InChI=1S/C61H43NO/c1-61(2)56-28-15-14-26-50(56)51-34-33-47(38-57(51)61)62(45-31-29-41(30-32-45)40-17-6-3-7-18-40)46-24-16-23-44(37-46)48-35-36-53-55-39-54(42-19-8-4-9-20-42)49-25-12-13-27-52(49)59(55)63-60(53)58(48)43-21-10-5-11-22-43/h3-39H,1-2H3. The molecule has 0 aliphatic heterocycles. The first-order chi connectivity index (χ1) is 31.0. The van der Waals surface area contributed by atoms with E-state index in [2.05, 4.69) is 243 Å². The summed E-state index contributed by atoms with van der Waals surface area (Å²) in [5, 5.41) is 4.52. The Kier molecular flexibility index (Phi) is 8.55. The van der Waals surface area contributed by atoms with Gasteiger partial charge in [-0.15, -0.1) is 0 Å². The molecule has 0 radical (unpaired) electrons. The highest BCUT2D eigenvalue weighted by molar-refractivity contribution is 6.21. The molecule has 12 rings (SSSR count). The molecule has 0 unspecified atom stereocenters. The molecule has 0 saturated heterocycles. The number of fused-ring (bicyclic) bond motifs is 8. The third-order valence-corrected chi connectivity index (χ3v) is 13.3. The molecular weight excluding hydrogens is 763 g/mol. The second-order valence-electron chi connectivity index (χ2n) is 17.2. The molecule has 0 N–H and O–H groups in total. The average molecular weight is 806 g/mol. The fourth-order valence-electron chi connectivity index (χ4n) is 10.2. The van der Waals surface area contributed by atoms with Gasteiger partial charge in [0.05, 0.1) is 0 Å². The lowest BCUT2D eigenvalue weighted by atomic mass is 9.82. The van der Waals surface area contributed by atoms with Crippen molar-refractivity contribution in [2.45, 2.75) is 19.3 Å². The van der Waals surface area contributed by atoms with Crippen molar-refractivity contribution in [3.8, 4) is 55.6 Å². The lowest BCUT2D eigenvalue weighted by Gasteiger charge is -2.28. The molecule has 11 aromatic rings. The van der Waals surface area contributed by atoms with Crippen LogP contribution in [0.5, 0.6) is 0 Å². The third-order valence-electron chi connectivity index (χ3n) is 13.3. The number of furan rings is 1. The third kappa shape index (κ3) is 6.02. The zero-order valence-electron chi connectivity index (χ0n) is 35.2. The topological polar surface area (TPSA) is 16.4 Å². The first-order valence-corrected chi connectivity index (χ1v) is 21.8. The van der Waals surface area contributed by atoms with Gasteiger partial charge in [0.15, 0.2) is 0 Å². The van der Waals surface area contributed by atoms with Crippen LogP contribution in [0.4, 0.5) is 17.1 Å². The summed E-state index contributed by atoms with van der Waals surface area (Å²) in [6, 6.07) is 81.4. The van der Waals surface area contributed by atoms with Crippen molar-refractivity contribution in [1.82, 2.24) is 0 Å². The molecule has 63 heavy (non-hydrogen) atoms. The van der Waals surface area contributed by atoms with Gasteiger partial charge in [-0.1, -0.05) is 190 Å². The van der Waals surface area contributed by atoms with E-state index in [0.717, 1.165) is 66.6 Å². The molecule has 0 spiro atoms. The fourth-order valence-corrected chi connectivity index (χ4v) is 10.2. The van der Waals surface area contributed by atoms with Crippen molar-refractivity contribution in [3.63, 3.8) is 0 Å².